The molecule has 15 heavy (non-hydrogen) atoms. The minimum atomic E-state index is -0.280. The normalized spacial score (nSPS) is 16.1. The van der Waals surface area contributed by atoms with Crippen molar-refractivity contribution in [2.45, 2.75) is 6.42 Å². The van der Waals surface area contributed by atoms with Crippen molar-refractivity contribution in [3.05, 3.63) is 28.5 Å². The van der Waals surface area contributed by atoms with Gasteiger partial charge in [0, 0.05) is 6.07 Å². The van der Waals surface area contributed by atoms with Crippen molar-refractivity contribution in [1.29, 1.82) is 0 Å². The topological polar surface area (TPSA) is 21.3 Å². The molecule has 1 heterocycles. The van der Waals surface area contributed by atoms with E-state index in [1.54, 1.807) is 12.1 Å². The number of hydrogen-bond acceptors (Lipinski definition) is 2. The van der Waals surface area contributed by atoms with Gasteiger partial charge in [-0.25, -0.2) is 4.39 Å². The molecule has 2 rings (SSSR count). The van der Waals surface area contributed by atoms with E-state index in [4.69, 9.17) is 4.74 Å². The fourth-order valence-electron chi connectivity index (χ4n) is 1.46. The Balaban J connectivity index is 1.79. The zero-order chi connectivity index (χ0) is 10.7. The summed E-state index contributed by atoms with van der Waals surface area (Å²) in [6.07, 6.45) is 1.03. The maximum atomic E-state index is 13.1. The quantitative estimate of drug-likeness (QED) is 0.911. The number of hydrogen-bond donors (Lipinski definition) is 1. The van der Waals surface area contributed by atoms with Crippen LogP contribution in [0.1, 0.15) is 6.42 Å². The Hall–Kier alpha value is -0.610. The molecule has 0 aliphatic carbocycles. The van der Waals surface area contributed by atoms with Crippen LogP contribution in [0.15, 0.2) is 22.7 Å². The number of halogens is 2. The molecule has 0 atom stereocenters. The number of nitrogens with one attached hydrogen (secondary N) is 1. The Kier molecular flexibility index (Phi) is 3.59. The number of rotatable bonds is 4. The van der Waals surface area contributed by atoms with E-state index < -0.39 is 0 Å². The number of benzene rings is 1. The van der Waals surface area contributed by atoms with E-state index in [-0.39, 0.29) is 5.82 Å². The van der Waals surface area contributed by atoms with Crippen molar-refractivity contribution in [3.8, 4) is 5.75 Å². The average Bonchev–Trinajstić information content (AvgIpc) is 2.15. The summed E-state index contributed by atoms with van der Waals surface area (Å²) in [5.74, 6) is 1.05. The first kappa shape index (κ1) is 10.9. The van der Waals surface area contributed by atoms with E-state index in [2.05, 4.69) is 21.2 Å². The first-order chi connectivity index (χ1) is 7.25. The molecule has 1 aromatic carbocycles. The van der Waals surface area contributed by atoms with E-state index in [1.807, 2.05) is 0 Å². The van der Waals surface area contributed by atoms with Crippen LogP contribution in [-0.4, -0.2) is 19.7 Å². The van der Waals surface area contributed by atoms with Gasteiger partial charge < -0.3 is 10.1 Å². The first-order valence-electron chi connectivity index (χ1n) is 5.04. The Labute approximate surface area is 96.9 Å². The van der Waals surface area contributed by atoms with Crippen molar-refractivity contribution in [3.63, 3.8) is 0 Å². The lowest BCUT2D eigenvalue weighted by Crippen LogP contribution is -2.42. The van der Waals surface area contributed by atoms with Crippen LogP contribution in [0.4, 0.5) is 4.39 Å². The van der Waals surface area contributed by atoms with Crippen LogP contribution >= 0.6 is 15.9 Å². The van der Waals surface area contributed by atoms with Crippen LogP contribution in [0, 0.1) is 11.7 Å². The van der Waals surface area contributed by atoms with Crippen molar-refractivity contribution < 1.29 is 9.13 Å². The highest BCUT2D eigenvalue weighted by molar-refractivity contribution is 9.10. The van der Waals surface area contributed by atoms with Crippen molar-refractivity contribution in [1.82, 2.24) is 5.32 Å². The summed E-state index contributed by atoms with van der Waals surface area (Å²) in [4.78, 5) is 0. The second-order valence-electron chi connectivity index (χ2n) is 3.74. The zero-order valence-corrected chi connectivity index (χ0v) is 9.89. The Bertz CT molecular complexity index is 341. The molecule has 2 nitrogen and oxygen atoms in total. The molecule has 0 bridgehead atoms. The van der Waals surface area contributed by atoms with Crippen LogP contribution in [0.25, 0.3) is 0 Å². The highest BCUT2D eigenvalue weighted by atomic mass is 79.9. The molecular weight excluding hydrogens is 261 g/mol. The highest BCUT2D eigenvalue weighted by Crippen LogP contribution is 2.21. The maximum absolute atomic E-state index is 13.1. The summed E-state index contributed by atoms with van der Waals surface area (Å²) in [6, 6.07) is 4.84. The van der Waals surface area contributed by atoms with Crippen molar-refractivity contribution in [2.24, 2.45) is 5.92 Å². The Morgan fingerprint density at radius 3 is 2.87 bits per heavy atom. The predicted octanol–water partition coefficient (Wildman–Crippen LogP) is 2.58. The lowest BCUT2D eigenvalue weighted by atomic mass is 10.0. The summed E-state index contributed by atoms with van der Waals surface area (Å²) in [5.41, 5.74) is 0. The molecule has 1 aliphatic heterocycles. The first-order valence-corrected chi connectivity index (χ1v) is 5.83. The predicted molar refractivity (Wildman–Crippen MR) is 60.6 cm³/mol. The SMILES string of the molecule is Fc1cc(OCCC2CNC2)ccc1Br. The molecule has 0 saturated carbocycles. The highest BCUT2D eigenvalue weighted by Gasteiger charge is 2.16. The lowest BCUT2D eigenvalue weighted by Gasteiger charge is -2.26. The van der Waals surface area contributed by atoms with E-state index in [1.165, 1.54) is 6.07 Å². The third kappa shape index (κ3) is 2.92. The Morgan fingerprint density at radius 1 is 1.47 bits per heavy atom. The van der Waals surface area contributed by atoms with Gasteiger partial charge in [0.1, 0.15) is 11.6 Å². The van der Waals surface area contributed by atoms with Gasteiger partial charge in [-0.3, -0.25) is 0 Å². The lowest BCUT2D eigenvalue weighted by molar-refractivity contribution is 0.238. The molecule has 4 heteroatoms. The molecule has 0 aromatic heterocycles. The molecule has 0 unspecified atom stereocenters. The molecule has 0 spiro atoms. The van der Waals surface area contributed by atoms with Crippen molar-refractivity contribution in [2.75, 3.05) is 19.7 Å². The molecule has 1 saturated heterocycles. The standard InChI is InChI=1S/C11H13BrFNO/c12-10-2-1-9(5-11(10)13)15-4-3-8-6-14-7-8/h1-2,5,8,14H,3-4,6-7H2. The van der Waals surface area contributed by atoms with Gasteiger partial charge in [0.15, 0.2) is 0 Å². The largest absolute Gasteiger partial charge is 0.493 e. The average molecular weight is 274 g/mol. The van der Waals surface area contributed by atoms with Crippen molar-refractivity contribution >= 4 is 15.9 Å². The molecule has 1 N–H and O–H groups in total. The fraction of sp³-hybridized carbons (Fsp3) is 0.455. The van der Waals surface area contributed by atoms with Gasteiger partial charge >= 0.3 is 0 Å². The second-order valence-corrected chi connectivity index (χ2v) is 4.59. The van der Waals surface area contributed by atoms with Crippen LogP contribution in [0.2, 0.25) is 0 Å². The van der Waals surface area contributed by atoms with Gasteiger partial charge in [-0.2, -0.15) is 0 Å². The van der Waals surface area contributed by atoms with E-state index in [0.29, 0.717) is 16.8 Å². The monoisotopic (exact) mass is 273 g/mol. The molecule has 0 radical (unpaired) electrons. The third-order valence-electron chi connectivity index (χ3n) is 2.55. The van der Waals surface area contributed by atoms with E-state index in [9.17, 15) is 4.39 Å². The van der Waals surface area contributed by atoms with Gasteiger partial charge in [0.2, 0.25) is 0 Å². The third-order valence-corrected chi connectivity index (χ3v) is 3.20. The molecule has 82 valence electrons. The number of ether oxygens (including phenoxy) is 1. The van der Waals surface area contributed by atoms with Crippen LogP contribution in [0.5, 0.6) is 5.75 Å². The minimum Gasteiger partial charge on any atom is -0.493 e. The smallest absolute Gasteiger partial charge is 0.141 e. The van der Waals surface area contributed by atoms with Gasteiger partial charge in [0.05, 0.1) is 11.1 Å². The maximum Gasteiger partial charge on any atom is 0.141 e. The van der Waals surface area contributed by atoms with E-state index in [0.717, 1.165) is 25.4 Å². The fourth-order valence-corrected chi connectivity index (χ4v) is 1.71. The van der Waals surface area contributed by atoms with Crippen LogP contribution in [0.3, 0.4) is 0 Å². The van der Waals surface area contributed by atoms with Gasteiger partial charge in [-0.05, 0) is 53.5 Å². The molecule has 1 fully saturated rings. The van der Waals surface area contributed by atoms with Crippen LogP contribution < -0.4 is 10.1 Å². The molecule has 1 aliphatic rings. The van der Waals surface area contributed by atoms with Gasteiger partial charge in [-0.1, -0.05) is 0 Å². The molecular formula is C11H13BrFNO. The van der Waals surface area contributed by atoms with Gasteiger partial charge in [0.25, 0.3) is 0 Å². The summed E-state index contributed by atoms with van der Waals surface area (Å²) in [7, 11) is 0. The molecule has 1 aromatic rings. The minimum absolute atomic E-state index is 0.280. The van der Waals surface area contributed by atoms with Gasteiger partial charge in [-0.15, -0.1) is 0 Å². The second kappa shape index (κ2) is 4.94. The summed E-state index contributed by atoms with van der Waals surface area (Å²) < 4.78 is 19.0. The van der Waals surface area contributed by atoms with E-state index >= 15 is 0 Å². The van der Waals surface area contributed by atoms with Crippen LogP contribution in [-0.2, 0) is 0 Å². The Morgan fingerprint density at radius 2 is 2.27 bits per heavy atom. The summed E-state index contributed by atoms with van der Waals surface area (Å²) in [5, 5.41) is 3.20. The zero-order valence-electron chi connectivity index (χ0n) is 8.30. The molecule has 0 amide bonds. The summed E-state index contributed by atoms with van der Waals surface area (Å²) in [6.45, 7) is 2.82. The summed E-state index contributed by atoms with van der Waals surface area (Å²) >= 11 is 3.10.